The van der Waals surface area contributed by atoms with Crippen LogP contribution in [0.3, 0.4) is 0 Å². The van der Waals surface area contributed by atoms with Crippen LogP contribution in [-0.4, -0.2) is 54.3 Å². The van der Waals surface area contributed by atoms with E-state index in [9.17, 15) is 14.0 Å². The predicted molar refractivity (Wildman–Crippen MR) is 70.8 cm³/mol. The Morgan fingerprint density at radius 1 is 1.52 bits per heavy atom. The lowest BCUT2D eigenvalue weighted by atomic mass is 10.2. The summed E-state index contributed by atoms with van der Waals surface area (Å²) in [7, 11) is 0. The van der Waals surface area contributed by atoms with Crippen molar-refractivity contribution in [1.29, 1.82) is 0 Å². The first kappa shape index (κ1) is 15.2. The SMILES string of the molecule is CC1CN(C(=O)COc2ccc(C(=O)O)c(F)c2)CCO1. The molecule has 1 aromatic carbocycles. The van der Waals surface area contributed by atoms with Gasteiger partial charge in [-0.3, -0.25) is 4.79 Å². The number of aromatic carboxylic acids is 1. The molecular weight excluding hydrogens is 281 g/mol. The molecule has 0 saturated carbocycles. The number of morpholine rings is 1. The van der Waals surface area contributed by atoms with E-state index in [2.05, 4.69) is 0 Å². The Kier molecular flexibility index (Phi) is 4.74. The molecule has 0 aromatic heterocycles. The van der Waals surface area contributed by atoms with E-state index in [-0.39, 0.29) is 24.4 Å². The van der Waals surface area contributed by atoms with Gasteiger partial charge >= 0.3 is 5.97 Å². The summed E-state index contributed by atoms with van der Waals surface area (Å²) in [6.45, 7) is 3.13. The van der Waals surface area contributed by atoms with E-state index in [0.29, 0.717) is 19.7 Å². The molecule has 2 rings (SSSR count). The van der Waals surface area contributed by atoms with Crippen LogP contribution in [-0.2, 0) is 9.53 Å². The molecule has 114 valence electrons. The zero-order valence-electron chi connectivity index (χ0n) is 11.5. The average molecular weight is 297 g/mol. The van der Waals surface area contributed by atoms with Crippen molar-refractivity contribution >= 4 is 11.9 Å². The van der Waals surface area contributed by atoms with Gasteiger partial charge in [-0.1, -0.05) is 0 Å². The number of carbonyl (C=O) groups is 2. The fourth-order valence-corrected chi connectivity index (χ4v) is 2.04. The van der Waals surface area contributed by atoms with E-state index < -0.39 is 17.3 Å². The van der Waals surface area contributed by atoms with Gasteiger partial charge in [0.25, 0.3) is 5.91 Å². The van der Waals surface area contributed by atoms with Crippen molar-refractivity contribution in [2.75, 3.05) is 26.3 Å². The molecule has 7 heteroatoms. The first-order valence-electron chi connectivity index (χ1n) is 6.52. The Morgan fingerprint density at radius 2 is 2.29 bits per heavy atom. The molecule has 1 aromatic rings. The molecule has 21 heavy (non-hydrogen) atoms. The molecule has 1 heterocycles. The Labute approximate surface area is 121 Å². The Bertz CT molecular complexity index is 548. The topological polar surface area (TPSA) is 76.1 Å². The highest BCUT2D eigenvalue weighted by Crippen LogP contribution is 2.17. The summed E-state index contributed by atoms with van der Waals surface area (Å²) in [5.74, 6) is -2.34. The second kappa shape index (κ2) is 6.53. The number of benzene rings is 1. The summed E-state index contributed by atoms with van der Waals surface area (Å²) in [6, 6.07) is 3.38. The number of carboxylic acid groups (broad SMARTS) is 1. The quantitative estimate of drug-likeness (QED) is 0.902. The van der Waals surface area contributed by atoms with Crippen molar-refractivity contribution in [1.82, 2.24) is 4.90 Å². The molecular formula is C14H16FNO5. The van der Waals surface area contributed by atoms with Gasteiger partial charge in [-0.2, -0.15) is 0 Å². The van der Waals surface area contributed by atoms with Crippen molar-refractivity contribution in [3.63, 3.8) is 0 Å². The van der Waals surface area contributed by atoms with Crippen LogP contribution >= 0.6 is 0 Å². The Hall–Kier alpha value is -2.15. The van der Waals surface area contributed by atoms with E-state index in [0.717, 1.165) is 12.1 Å². The van der Waals surface area contributed by atoms with E-state index in [1.807, 2.05) is 6.92 Å². The monoisotopic (exact) mass is 297 g/mol. The number of hydrogen-bond acceptors (Lipinski definition) is 4. The number of carbonyl (C=O) groups excluding carboxylic acids is 1. The molecule has 1 saturated heterocycles. The third-order valence-electron chi connectivity index (χ3n) is 3.13. The molecule has 1 unspecified atom stereocenters. The highest BCUT2D eigenvalue weighted by Gasteiger charge is 2.21. The molecule has 0 radical (unpaired) electrons. The van der Waals surface area contributed by atoms with Crippen molar-refractivity contribution in [2.45, 2.75) is 13.0 Å². The van der Waals surface area contributed by atoms with Gasteiger partial charge in [0.2, 0.25) is 0 Å². The van der Waals surface area contributed by atoms with Crippen LogP contribution in [0.5, 0.6) is 5.75 Å². The van der Waals surface area contributed by atoms with Crippen LogP contribution in [0.25, 0.3) is 0 Å². The molecule has 1 amide bonds. The van der Waals surface area contributed by atoms with E-state index >= 15 is 0 Å². The number of rotatable bonds is 4. The highest BCUT2D eigenvalue weighted by molar-refractivity contribution is 5.88. The molecule has 6 nitrogen and oxygen atoms in total. The molecule has 0 spiro atoms. The van der Waals surface area contributed by atoms with Crippen molar-refractivity contribution in [2.24, 2.45) is 0 Å². The van der Waals surface area contributed by atoms with Crippen molar-refractivity contribution in [3.8, 4) is 5.75 Å². The van der Waals surface area contributed by atoms with E-state index in [1.54, 1.807) is 4.90 Å². The molecule has 1 aliphatic rings. The van der Waals surface area contributed by atoms with Gasteiger partial charge in [0.15, 0.2) is 6.61 Å². The fourth-order valence-electron chi connectivity index (χ4n) is 2.04. The largest absolute Gasteiger partial charge is 0.484 e. The second-order valence-electron chi connectivity index (χ2n) is 4.76. The zero-order chi connectivity index (χ0) is 15.4. The summed E-state index contributed by atoms with van der Waals surface area (Å²) in [4.78, 5) is 24.2. The van der Waals surface area contributed by atoms with Crippen LogP contribution in [0.2, 0.25) is 0 Å². The lowest BCUT2D eigenvalue weighted by molar-refractivity contribution is -0.140. The molecule has 0 bridgehead atoms. The maximum absolute atomic E-state index is 13.5. The maximum Gasteiger partial charge on any atom is 0.338 e. The van der Waals surface area contributed by atoms with Gasteiger partial charge < -0.3 is 19.5 Å². The summed E-state index contributed by atoms with van der Waals surface area (Å²) in [5.41, 5.74) is -0.435. The van der Waals surface area contributed by atoms with Gasteiger partial charge in [0, 0.05) is 19.2 Å². The molecule has 1 aliphatic heterocycles. The van der Waals surface area contributed by atoms with Gasteiger partial charge in [0.1, 0.15) is 11.6 Å². The van der Waals surface area contributed by atoms with Crippen molar-refractivity contribution < 1.29 is 28.6 Å². The third kappa shape index (κ3) is 3.91. The van der Waals surface area contributed by atoms with Crippen LogP contribution in [0.1, 0.15) is 17.3 Å². The number of nitrogens with zero attached hydrogens (tertiary/aromatic N) is 1. The third-order valence-corrected chi connectivity index (χ3v) is 3.13. The zero-order valence-corrected chi connectivity index (χ0v) is 11.5. The fraction of sp³-hybridized carbons (Fsp3) is 0.429. The number of halogens is 1. The highest BCUT2D eigenvalue weighted by atomic mass is 19.1. The van der Waals surface area contributed by atoms with Gasteiger partial charge in [-0.05, 0) is 19.1 Å². The summed E-state index contributed by atoms with van der Waals surface area (Å²) in [6.07, 6.45) is -0.0185. The maximum atomic E-state index is 13.5. The normalized spacial score (nSPS) is 18.4. The minimum atomic E-state index is -1.35. The molecule has 1 fully saturated rings. The summed E-state index contributed by atoms with van der Waals surface area (Å²) >= 11 is 0. The second-order valence-corrected chi connectivity index (χ2v) is 4.76. The van der Waals surface area contributed by atoms with E-state index in [1.165, 1.54) is 6.07 Å². The van der Waals surface area contributed by atoms with Crippen molar-refractivity contribution in [3.05, 3.63) is 29.6 Å². The number of carboxylic acids is 1. The van der Waals surface area contributed by atoms with Crippen LogP contribution in [0.4, 0.5) is 4.39 Å². The van der Waals surface area contributed by atoms with Crippen LogP contribution in [0, 0.1) is 5.82 Å². The Balaban J connectivity index is 1.92. The van der Waals surface area contributed by atoms with Gasteiger partial charge in [0.05, 0.1) is 18.3 Å². The molecule has 0 aliphatic carbocycles. The standard InChI is InChI=1S/C14H16FNO5/c1-9-7-16(4-5-20-9)13(17)8-21-10-2-3-11(14(18)19)12(15)6-10/h2-3,6,9H,4-5,7-8H2,1H3,(H,18,19). The smallest absolute Gasteiger partial charge is 0.338 e. The number of hydrogen-bond donors (Lipinski definition) is 1. The minimum Gasteiger partial charge on any atom is -0.484 e. The lowest BCUT2D eigenvalue weighted by Crippen LogP contribution is -2.46. The number of amides is 1. The predicted octanol–water partition coefficient (Wildman–Crippen LogP) is 1.15. The summed E-state index contributed by atoms with van der Waals surface area (Å²) in [5, 5.41) is 8.72. The lowest BCUT2D eigenvalue weighted by Gasteiger charge is -2.31. The average Bonchev–Trinajstić information content (AvgIpc) is 2.44. The molecule has 1 N–H and O–H groups in total. The van der Waals surface area contributed by atoms with Crippen LogP contribution < -0.4 is 4.74 Å². The first-order chi connectivity index (χ1) is 9.97. The minimum absolute atomic E-state index is 0.0185. The Morgan fingerprint density at radius 3 is 2.90 bits per heavy atom. The molecule has 1 atom stereocenters. The van der Waals surface area contributed by atoms with Gasteiger partial charge in [-0.25, -0.2) is 9.18 Å². The first-order valence-corrected chi connectivity index (χ1v) is 6.52. The van der Waals surface area contributed by atoms with Crippen LogP contribution in [0.15, 0.2) is 18.2 Å². The number of ether oxygens (including phenoxy) is 2. The summed E-state index contributed by atoms with van der Waals surface area (Å²) < 4.78 is 24.0. The van der Waals surface area contributed by atoms with Gasteiger partial charge in [-0.15, -0.1) is 0 Å². The van der Waals surface area contributed by atoms with E-state index in [4.69, 9.17) is 14.6 Å².